The molecule has 0 aromatic heterocycles. The summed E-state index contributed by atoms with van der Waals surface area (Å²) in [5.74, 6) is -1.16. The maximum atomic E-state index is 11.6. The summed E-state index contributed by atoms with van der Waals surface area (Å²) in [5.41, 5.74) is 6.16. The Labute approximate surface area is 105 Å². The van der Waals surface area contributed by atoms with E-state index in [9.17, 15) is 13.2 Å². The van der Waals surface area contributed by atoms with E-state index in [0.29, 0.717) is 5.75 Å². The van der Waals surface area contributed by atoms with Crippen LogP contribution in [0.2, 0.25) is 0 Å². The molecule has 1 aromatic rings. The van der Waals surface area contributed by atoms with Crippen LogP contribution in [0, 0.1) is 0 Å². The molecule has 1 aromatic carbocycles. The lowest BCUT2D eigenvalue weighted by Gasteiger charge is -2.09. The van der Waals surface area contributed by atoms with Crippen LogP contribution in [0.15, 0.2) is 18.2 Å². The molecule has 0 fully saturated rings. The number of ether oxygens (including phenoxy) is 2. The third-order valence-electron chi connectivity index (χ3n) is 2.04. The van der Waals surface area contributed by atoms with Crippen molar-refractivity contribution in [2.24, 2.45) is 0 Å². The molecule has 0 unspecified atom stereocenters. The molecule has 0 aliphatic carbocycles. The lowest BCUT2D eigenvalue weighted by Crippen LogP contribution is -2.23. The third-order valence-corrected chi connectivity index (χ3v) is 3.20. The van der Waals surface area contributed by atoms with Gasteiger partial charge >= 0.3 is 5.97 Å². The average molecular weight is 274 g/mol. The van der Waals surface area contributed by atoms with Crippen LogP contribution in [0.1, 0.15) is 0 Å². The van der Waals surface area contributed by atoms with E-state index < -0.39 is 21.7 Å². The Morgan fingerprint density at radius 3 is 2.56 bits per heavy atom. The first kappa shape index (κ1) is 14.1. The van der Waals surface area contributed by atoms with Crippen LogP contribution in [0.5, 0.6) is 5.75 Å². The van der Waals surface area contributed by atoms with Gasteiger partial charge in [-0.25, -0.2) is 8.42 Å². The number of hydrogen-bond acceptors (Lipinski definition) is 6. The molecule has 7 nitrogen and oxygen atoms in total. The number of hydrogen-bond donors (Lipinski definition) is 2. The second-order valence-electron chi connectivity index (χ2n) is 3.39. The van der Waals surface area contributed by atoms with Crippen LogP contribution in [-0.2, 0) is 19.6 Å². The highest BCUT2D eigenvalue weighted by Crippen LogP contribution is 2.25. The van der Waals surface area contributed by atoms with E-state index in [0.717, 1.165) is 7.11 Å². The van der Waals surface area contributed by atoms with Gasteiger partial charge in [0.1, 0.15) is 5.75 Å². The van der Waals surface area contributed by atoms with E-state index in [4.69, 9.17) is 10.5 Å². The molecule has 0 aliphatic heterocycles. The zero-order chi connectivity index (χ0) is 13.8. The van der Waals surface area contributed by atoms with Crippen LogP contribution < -0.4 is 15.2 Å². The number of nitrogens with two attached hydrogens (primary N) is 1. The summed E-state index contributed by atoms with van der Waals surface area (Å²) in [6, 6.07) is 4.39. The molecule has 18 heavy (non-hydrogen) atoms. The number of esters is 1. The van der Waals surface area contributed by atoms with Gasteiger partial charge in [0.15, 0.2) is 5.75 Å². The van der Waals surface area contributed by atoms with Gasteiger partial charge < -0.3 is 15.2 Å². The van der Waals surface area contributed by atoms with Crippen molar-refractivity contribution in [3.63, 3.8) is 0 Å². The first-order chi connectivity index (χ1) is 8.38. The molecular formula is C10H14N2O5S. The predicted molar refractivity (Wildman–Crippen MR) is 66.8 cm³/mol. The van der Waals surface area contributed by atoms with E-state index in [1.165, 1.54) is 25.3 Å². The SMILES string of the molecule is COC(=O)CS(=O)(=O)Nc1ccc(OC)c(N)c1. The van der Waals surface area contributed by atoms with Gasteiger partial charge in [-0.2, -0.15) is 0 Å². The van der Waals surface area contributed by atoms with Crippen molar-refractivity contribution < 1.29 is 22.7 Å². The molecule has 100 valence electrons. The number of sulfonamides is 1. The van der Waals surface area contributed by atoms with E-state index in [1.807, 2.05) is 0 Å². The first-order valence-electron chi connectivity index (χ1n) is 4.89. The van der Waals surface area contributed by atoms with Gasteiger partial charge in [0, 0.05) is 0 Å². The monoisotopic (exact) mass is 274 g/mol. The highest BCUT2D eigenvalue weighted by Gasteiger charge is 2.17. The molecule has 0 aliphatic rings. The maximum Gasteiger partial charge on any atom is 0.322 e. The van der Waals surface area contributed by atoms with Crippen LogP contribution in [-0.4, -0.2) is 34.4 Å². The lowest BCUT2D eigenvalue weighted by molar-refractivity contribution is -0.137. The van der Waals surface area contributed by atoms with Crippen molar-refractivity contribution in [3.05, 3.63) is 18.2 Å². The van der Waals surface area contributed by atoms with E-state index in [1.54, 1.807) is 0 Å². The molecule has 0 amide bonds. The van der Waals surface area contributed by atoms with Crippen LogP contribution in [0.3, 0.4) is 0 Å². The number of carbonyl (C=O) groups is 1. The van der Waals surface area contributed by atoms with E-state index in [-0.39, 0.29) is 11.4 Å². The average Bonchev–Trinajstić information content (AvgIpc) is 2.27. The van der Waals surface area contributed by atoms with Crippen molar-refractivity contribution in [1.82, 2.24) is 0 Å². The number of methoxy groups -OCH3 is 2. The highest BCUT2D eigenvalue weighted by atomic mass is 32.2. The largest absolute Gasteiger partial charge is 0.495 e. The number of nitrogens with one attached hydrogen (secondary N) is 1. The maximum absolute atomic E-state index is 11.6. The smallest absolute Gasteiger partial charge is 0.322 e. The number of benzene rings is 1. The fourth-order valence-corrected chi connectivity index (χ4v) is 2.21. The molecule has 0 radical (unpaired) electrons. The summed E-state index contributed by atoms with van der Waals surface area (Å²) >= 11 is 0. The fraction of sp³-hybridized carbons (Fsp3) is 0.300. The number of anilines is 2. The predicted octanol–water partition coefficient (Wildman–Crippen LogP) is 0.192. The summed E-state index contributed by atoms with van der Waals surface area (Å²) in [7, 11) is -1.24. The normalized spacial score (nSPS) is 10.8. The summed E-state index contributed by atoms with van der Waals surface area (Å²) in [4.78, 5) is 10.9. The zero-order valence-corrected chi connectivity index (χ0v) is 10.8. The van der Waals surface area contributed by atoms with Crippen LogP contribution in [0.4, 0.5) is 11.4 Å². The molecule has 3 N–H and O–H groups in total. The molecule has 0 heterocycles. The Bertz CT molecular complexity index is 541. The quantitative estimate of drug-likeness (QED) is 0.586. The Hall–Kier alpha value is -1.96. The number of carbonyl (C=O) groups excluding carboxylic acids is 1. The molecule has 1 rings (SSSR count). The molecule has 0 bridgehead atoms. The summed E-state index contributed by atoms with van der Waals surface area (Å²) in [6.45, 7) is 0. The fourth-order valence-electron chi connectivity index (χ4n) is 1.23. The summed E-state index contributed by atoms with van der Waals surface area (Å²) in [6.07, 6.45) is 0. The molecule has 0 saturated carbocycles. The van der Waals surface area contributed by atoms with Gasteiger partial charge in [0.25, 0.3) is 0 Å². The molecule has 0 saturated heterocycles. The summed E-state index contributed by atoms with van der Waals surface area (Å²) < 4.78 is 34.5. The van der Waals surface area contributed by atoms with Crippen LogP contribution >= 0.6 is 0 Å². The highest BCUT2D eigenvalue weighted by molar-refractivity contribution is 7.93. The van der Waals surface area contributed by atoms with Gasteiger partial charge in [0.2, 0.25) is 10.0 Å². The lowest BCUT2D eigenvalue weighted by atomic mass is 10.2. The number of nitrogen functional groups attached to an aromatic ring is 1. The van der Waals surface area contributed by atoms with Gasteiger partial charge in [-0.05, 0) is 18.2 Å². The van der Waals surface area contributed by atoms with Crippen molar-refractivity contribution in [2.45, 2.75) is 0 Å². The van der Waals surface area contributed by atoms with Gasteiger partial charge in [-0.1, -0.05) is 0 Å². The number of rotatable bonds is 5. The van der Waals surface area contributed by atoms with Gasteiger partial charge in [0.05, 0.1) is 25.6 Å². The first-order valence-corrected chi connectivity index (χ1v) is 6.54. The van der Waals surface area contributed by atoms with Crippen molar-refractivity contribution in [3.8, 4) is 5.75 Å². The molecule has 0 spiro atoms. The minimum absolute atomic E-state index is 0.247. The Morgan fingerprint density at radius 1 is 1.39 bits per heavy atom. The van der Waals surface area contributed by atoms with Crippen molar-refractivity contribution in [1.29, 1.82) is 0 Å². The standard InChI is InChI=1S/C10H14N2O5S/c1-16-9-4-3-7(5-8(9)11)12-18(14,15)6-10(13)17-2/h3-5,12H,6,11H2,1-2H3. The van der Waals surface area contributed by atoms with Crippen LogP contribution in [0.25, 0.3) is 0 Å². The Kier molecular flexibility index (Phi) is 4.38. The third kappa shape index (κ3) is 3.81. The minimum atomic E-state index is -3.80. The summed E-state index contributed by atoms with van der Waals surface area (Å²) in [5, 5.41) is 0. The second kappa shape index (κ2) is 5.58. The molecular weight excluding hydrogens is 260 g/mol. The minimum Gasteiger partial charge on any atom is -0.495 e. The van der Waals surface area contributed by atoms with Crippen molar-refractivity contribution >= 4 is 27.4 Å². The van der Waals surface area contributed by atoms with E-state index >= 15 is 0 Å². The van der Waals surface area contributed by atoms with Crippen molar-refractivity contribution in [2.75, 3.05) is 30.4 Å². The second-order valence-corrected chi connectivity index (χ2v) is 5.12. The Morgan fingerprint density at radius 2 is 2.06 bits per heavy atom. The topological polar surface area (TPSA) is 108 Å². The van der Waals surface area contributed by atoms with Gasteiger partial charge in [-0.15, -0.1) is 0 Å². The zero-order valence-electron chi connectivity index (χ0n) is 9.97. The molecule has 8 heteroatoms. The van der Waals surface area contributed by atoms with E-state index in [2.05, 4.69) is 9.46 Å². The molecule has 0 atom stereocenters. The van der Waals surface area contributed by atoms with Gasteiger partial charge in [-0.3, -0.25) is 9.52 Å². The Balaban J connectivity index is 2.84.